The third-order valence-electron chi connectivity index (χ3n) is 4.93. The zero-order chi connectivity index (χ0) is 18.0. The smallest absolute Gasteiger partial charge is 0.243 e. The average molecular weight is 342 g/mol. The summed E-state index contributed by atoms with van der Waals surface area (Å²) in [5, 5.41) is 2.79. The van der Waals surface area contributed by atoms with E-state index < -0.39 is 6.04 Å². The van der Waals surface area contributed by atoms with Gasteiger partial charge in [0.1, 0.15) is 11.8 Å². The van der Waals surface area contributed by atoms with E-state index in [-0.39, 0.29) is 29.6 Å². The number of hydrogen-bond donors (Lipinski definition) is 1. The molecule has 1 N–H and O–H groups in total. The Balaban J connectivity index is 1.62. The highest BCUT2D eigenvalue weighted by atomic mass is 16.5. The first-order valence-electron chi connectivity index (χ1n) is 8.45. The van der Waals surface area contributed by atoms with Crippen LogP contribution >= 0.6 is 0 Å². The summed E-state index contributed by atoms with van der Waals surface area (Å²) in [5.74, 6) is -0.668. The first kappa shape index (κ1) is 17.2. The van der Waals surface area contributed by atoms with Crippen molar-refractivity contribution >= 4 is 17.7 Å². The Morgan fingerprint density at radius 2 is 1.72 bits per heavy atom. The van der Waals surface area contributed by atoms with Crippen LogP contribution in [0.3, 0.4) is 0 Å². The van der Waals surface area contributed by atoms with Gasteiger partial charge < -0.3 is 10.1 Å². The zero-order valence-corrected chi connectivity index (χ0v) is 14.4. The molecular weight excluding hydrogens is 320 g/mol. The molecule has 0 unspecified atom stereocenters. The minimum Gasteiger partial charge on any atom is -0.497 e. The van der Waals surface area contributed by atoms with Crippen molar-refractivity contribution in [2.45, 2.75) is 32.4 Å². The number of allylic oxidation sites excluding steroid dienone is 2. The van der Waals surface area contributed by atoms with Gasteiger partial charge in [-0.05, 0) is 37.5 Å². The van der Waals surface area contributed by atoms with Crippen molar-refractivity contribution in [3.05, 3.63) is 42.0 Å². The number of carbonyl (C=O) groups excluding carboxylic acids is 3. The number of nitrogens with one attached hydrogen (secondary N) is 1. The molecule has 0 saturated carbocycles. The molecule has 1 aliphatic carbocycles. The molecule has 3 rings (SSSR count). The molecule has 0 bridgehead atoms. The number of amides is 3. The summed E-state index contributed by atoms with van der Waals surface area (Å²) >= 11 is 0. The molecule has 1 heterocycles. The lowest BCUT2D eigenvalue weighted by Crippen LogP contribution is -2.48. The van der Waals surface area contributed by atoms with Gasteiger partial charge in [0.15, 0.2) is 0 Å². The van der Waals surface area contributed by atoms with Gasteiger partial charge >= 0.3 is 0 Å². The largest absolute Gasteiger partial charge is 0.497 e. The van der Waals surface area contributed by atoms with Crippen LogP contribution in [-0.2, 0) is 20.9 Å². The van der Waals surface area contributed by atoms with Gasteiger partial charge in [0.25, 0.3) is 0 Å². The minimum atomic E-state index is -0.802. The summed E-state index contributed by atoms with van der Waals surface area (Å²) in [5.41, 5.74) is 0.915. The molecule has 0 radical (unpaired) electrons. The number of benzene rings is 1. The second kappa shape index (κ2) is 7.09. The fraction of sp³-hybridized carbons (Fsp3) is 0.421. The Morgan fingerprint density at radius 1 is 1.16 bits per heavy atom. The van der Waals surface area contributed by atoms with E-state index in [0.29, 0.717) is 19.4 Å². The van der Waals surface area contributed by atoms with Gasteiger partial charge in [-0.2, -0.15) is 0 Å². The normalized spacial score (nSPS) is 23.4. The Labute approximate surface area is 146 Å². The van der Waals surface area contributed by atoms with E-state index in [1.54, 1.807) is 14.0 Å². The number of rotatable bonds is 5. The first-order chi connectivity index (χ1) is 12.0. The molecule has 3 atom stereocenters. The van der Waals surface area contributed by atoms with Crippen molar-refractivity contribution in [2.24, 2.45) is 11.8 Å². The molecule has 6 heteroatoms. The van der Waals surface area contributed by atoms with Gasteiger partial charge in [0.05, 0.1) is 18.9 Å². The lowest BCUT2D eigenvalue weighted by molar-refractivity contribution is -0.147. The summed E-state index contributed by atoms with van der Waals surface area (Å²) in [6.45, 7) is 1.93. The van der Waals surface area contributed by atoms with E-state index in [9.17, 15) is 14.4 Å². The highest BCUT2D eigenvalue weighted by molar-refractivity contribution is 6.08. The SMILES string of the molecule is COc1ccc(CNC(=O)[C@H](C)N2C(=O)[C@H]3CC=CC[C@@H]3C2=O)cc1. The molecule has 0 spiro atoms. The molecule has 1 aromatic carbocycles. The van der Waals surface area contributed by atoms with Crippen molar-refractivity contribution in [1.82, 2.24) is 10.2 Å². The molecule has 1 aromatic rings. The van der Waals surface area contributed by atoms with Crippen molar-refractivity contribution in [3.8, 4) is 5.75 Å². The Morgan fingerprint density at radius 3 is 2.24 bits per heavy atom. The number of imide groups is 1. The van der Waals surface area contributed by atoms with Crippen LogP contribution in [0.5, 0.6) is 5.75 Å². The van der Waals surface area contributed by atoms with Crippen LogP contribution in [-0.4, -0.2) is 35.8 Å². The molecule has 0 aromatic heterocycles. The molecule has 6 nitrogen and oxygen atoms in total. The molecule has 2 aliphatic rings. The van der Waals surface area contributed by atoms with Crippen LogP contribution < -0.4 is 10.1 Å². The summed E-state index contributed by atoms with van der Waals surface area (Å²) in [4.78, 5) is 38.6. The number of likely N-dealkylation sites (tertiary alicyclic amines) is 1. The van der Waals surface area contributed by atoms with Gasteiger partial charge in [-0.15, -0.1) is 0 Å². The quantitative estimate of drug-likeness (QED) is 0.652. The predicted octanol–water partition coefficient (Wildman–Crippen LogP) is 1.65. The molecule has 25 heavy (non-hydrogen) atoms. The molecule has 1 aliphatic heterocycles. The van der Waals surface area contributed by atoms with Crippen molar-refractivity contribution in [2.75, 3.05) is 7.11 Å². The maximum absolute atomic E-state index is 12.5. The molecule has 132 valence electrons. The van der Waals surface area contributed by atoms with E-state index >= 15 is 0 Å². The van der Waals surface area contributed by atoms with Crippen LogP contribution in [0.1, 0.15) is 25.3 Å². The van der Waals surface area contributed by atoms with Gasteiger partial charge in [0.2, 0.25) is 17.7 Å². The maximum atomic E-state index is 12.5. The standard InChI is InChI=1S/C19H22N2O4/c1-12(17(22)20-11-13-7-9-14(25-2)10-8-13)21-18(23)15-5-3-4-6-16(15)19(21)24/h3-4,7-10,12,15-16H,5-6,11H2,1-2H3,(H,20,22)/t12-,15-,16-/m0/s1. The first-order valence-corrected chi connectivity index (χ1v) is 8.45. The molecular formula is C19H22N2O4. The number of hydrogen-bond acceptors (Lipinski definition) is 4. The lowest BCUT2D eigenvalue weighted by Gasteiger charge is -2.22. The van der Waals surface area contributed by atoms with E-state index in [0.717, 1.165) is 16.2 Å². The van der Waals surface area contributed by atoms with Crippen LogP contribution in [0.15, 0.2) is 36.4 Å². The predicted molar refractivity (Wildman–Crippen MR) is 91.5 cm³/mol. The van der Waals surface area contributed by atoms with E-state index in [1.165, 1.54) is 0 Å². The third kappa shape index (κ3) is 3.29. The average Bonchev–Trinajstić information content (AvgIpc) is 2.90. The fourth-order valence-electron chi connectivity index (χ4n) is 3.41. The summed E-state index contributed by atoms with van der Waals surface area (Å²) in [6.07, 6.45) is 5.02. The number of carbonyl (C=O) groups is 3. The second-order valence-electron chi connectivity index (χ2n) is 6.44. The van der Waals surface area contributed by atoms with Gasteiger partial charge in [-0.25, -0.2) is 0 Å². The highest BCUT2D eigenvalue weighted by Crippen LogP contribution is 2.36. The third-order valence-corrected chi connectivity index (χ3v) is 4.93. The minimum absolute atomic E-state index is 0.230. The Hall–Kier alpha value is -2.63. The second-order valence-corrected chi connectivity index (χ2v) is 6.44. The number of ether oxygens (including phenoxy) is 1. The highest BCUT2D eigenvalue weighted by Gasteiger charge is 2.49. The van der Waals surface area contributed by atoms with Crippen molar-refractivity contribution < 1.29 is 19.1 Å². The fourth-order valence-corrected chi connectivity index (χ4v) is 3.41. The Bertz CT molecular complexity index is 685. The topological polar surface area (TPSA) is 75.7 Å². The summed E-state index contributed by atoms with van der Waals surface area (Å²) < 4.78 is 5.10. The lowest BCUT2D eigenvalue weighted by atomic mass is 9.85. The number of methoxy groups -OCH3 is 1. The summed E-state index contributed by atoms with van der Waals surface area (Å²) in [7, 11) is 1.59. The van der Waals surface area contributed by atoms with Crippen LogP contribution in [0, 0.1) is 11.8 Å². The van der Waals surface area contributed by atoms with Gasteiger partial charge in [0, 0.05) is 6.54 Å². The monoisotopic (exact) mass is 342 g/mol. The molecule has 3 amide bonds. The number of nitrogens with zero attached hydrogens (tertiary/aromatic N) is 1. The Kier molecular flexibility index (Phi) is 4.88. The van der Waals surface area contributed by atoms with E-state index in [2.05, 4.69) is 5.32 Å². The zero-order valence-electron chi connectivity index (χ0n) is 14.4. The van der Waals surface area contributed by atoms with Crippen molar-refractivity contribution in [3.63, 3.8) is 0 Å². The van der Waals surface area contributed by atoms with Crippen LogP contribution in [0.2, 0.25) is 0 Å². The molecule has 1 fully saturated rings. The maximum Gasteiger partial charge on any atom is 0.243 e. The van der Waals surface area contributed by atoms with E-state index in [4.69, 9.17) is 4.74 Å². The van der Waals surface area contributed by atoms with Crippen LogP contribution in [0.4, 0.5) is 0 Å². The number of fused-ring (bicyclic) bond motifs is 1. The van der Waals surface area contributed by atoms with Gasteiger partial charge in [-0.1, -0.05) is 24.3 Å². The summed E-state index contributed by atoms with van der Waals surface area (Å²) in [6, 6.07) is 6.54. The van der Waals surface area contributed by atoms with Crippen molar-refractivity contribution in [1.29, 1.82) is 0 Å². The molecule has 1 saturated heterocycles. The van der Waals surface area contributed by atoms with Gasteiger partial charge in [-0.3, -0.25) is 19.3 Å². The van der Waals surface area contributed by atoms with E-state index in [1.807, 2.05) is 36.4 Å². The van der Waals surface area contributed by atoms with Crippen LogP contribution in [0.25, 0.3) is 0 Å².